The summed E-state index contributed by atoms with van der Waals surface area (Å²) in [6.45, 7) is -0.357. The summed E-state index contributed by atoms with van der Waals surface area (Å²) in [4.78, 5) is 26.8. The Morgan fingerprint density at radius 3 is 2.95 bits per heavy atom. The van der Waals surface area contributed by atoms with Gasteiger partial charge in [-0.2, -0.15) is 4.98 Å². The molecule has 0 unspecified atom stereocenters. The van der Waals surface area contributed by atoms with Crippen molar-refractivity contribution in [3.05, 3.63) is 22.2 Å². The lowest BCUT2D eigenvalue weighted by molar-refractivity contribution is -0.139. The van der Waals surface area contributed by atoms with Crippen molar-refractivity contribution < 1.29 is 24.5 Å². The molecule has 4 N–H and O–H groups in total. The Bertz CT molecular complexity index is 587. The summed E-state index contributed by atoms with van der Waals surface area (Å²) < 4.78 is 11.1. The van der Waals surface area contributed by atoms with Gasteiger partial charge in [-0.25, -0.2) is 4.79 Å². The van der Waals surface area contributed by atoms with Gasteiger partial charge in [-0.05, 0) is 0 Å². The highest BCUT2D eigenvalue weighted by Crippen LogP contribution is 2.27. The van der Waals surface area contributed by atoms with Crippen molar-refractivity contribution in [2.45, 2.75) is 31.3 Å². The monoisotopic (exact) mass is 299 g/mol. The summed E-state index contributed by atoms with van der Waals surface area (Å²) in [5.41, 5.74) is 5.28. The van der Waals surface area contributed by atoms with Crippen molar-refractivity contribution in [3.63, 3.8) is 0 Å². The van der Waals surface area contributed by atoms with Gasteiger partial charge < -0.3 is 25.4 Å². The van der Waals surface area contributed by atoms with Crippen molar-refractivity contribution in [1.82, 2.24) is 9.55 Å². The Balaban J connectivity index is 2.30. The third-order valence-corrected chi connectivity index (χ3v) is 3.32. The van der Waals surface area contributed by atoms with Crippen LogP contribution in [0.5, 0.6) is 0 Å². The van der Waals surface area contributed by atoms with E-state index in [2.05, 4.69) is 9.72 Å². The Labute approximate surface area is 119 Å². The third-order valence-electron chi connectivity index (χ3n) is 3.32. The highest BCUT2D eigenvalue weighted by molar-refractivity contribution is 5.73. The smallest absolute Gasteiger partial charge is 0.351 e. The fourth-order valence-corrected chi connectivity index (χ4v) is 2.14. The van der Waals surface area contributed by atoms with Gasteiger partial charge in [-0.1, -0.05) is 0 Å². The van der Waals surface area contributed by atoms with E-state index in [4.69, 9.17) is 15.6 Å². The molecule has 0 radical (unpaired) electrons. The molecule has 0 saturated carbocycles. The SMILES string of the molecule is COC(=O)Cc1cn([C@@H]2C[C@@H](O)[C@H](CO)O2)c(=O)nc1N. The number of rotatable bonds is 4. The van der Waals surface area contributed by atoms with Crippen LogP contribution in [0.2, 0.25) is 0 Å². The van der Waals surface area contributed by atoms with Gasteiger partial charge in [0, 0.05) is 18.2 Å². The van der Waals surface area contributed by atoms with Crippen molar-refractivity contribution in [3.8, 4) is 0 Å². The average Bonchev–Trinajstić information content (AvgIpc) is 2.82. The summed E-state index contributed by atoms with van der Waals surface area (Å²) in [6.07, 6.45) is -1.05. The van der Waals surface area contributed by atoms with Gasteiger partial charge in [-0.3, -0.25) is 9.36 Å². The Morgan fingerprint density at radius 1 is 1.67 bits per heavy atom. The van der Waals surface area contributed by atoms with Crippen LogP contribution in [0.4, 0.5) is 5.82 Å². The summed E-state index contributed by atoms with van der Waals surface area (Å²) in [7, 11) is 1.24. The van der Waals surface area contributed by atoms with Crippen LogP contribution in [0.25, 0.3) is 0 Å². The molecule has 116 valence electrons. The van der Waals surface area contributed by atoms with Crippen LogP contribution in [0.3, 0.4) is 0 Å². The van der Waals surface area contributed by atoms with Crippen LogP contribution >= 0.6 is 0 Å². The van der Waals surface area contributed by atoms with Crippen LogP contribution in [-0.4, -0.2) is 51.7 Å². The Hall–Kier alpha value is -1.97. The number of hydrogen-bond acceptors (Lipinski definition) is 8. The zero-order valence-corrected chi connectivity index (χ0v) is 11.4. The first kappa shape index (κ1) is 15.4. The number of esters is 1. The number of aliphatic hydroxyl groups is 2. The first-order valence-corrected chi connectivity index (χ1v) is 6.35. The van der Waals surface area contributed by atoms with Crippen LogP contribution in [0.15, 0.2) is 11.0 Å². The molecule has 1 aliphatic heterocycles. The van der Waals surface area contributed by atoms with Crippen molar-refractivity contribution >= 4 is 11.8 Å². The first-order chi connectivity index (χ1) is 9.96. The number of aromatic nitrogens is 2. The maximum atomic E-state index is 11.9. The second kappa shape index (κ2) is 6.20. The van der Waals surface area contributed by atoms with Gasteiger partial charge in [-0.15, -0.1) is 0 Å². The van der Waals surface area contributed by atoms with Crippen LogP contribution < -0.4 is 11.4 Å². The van der Waals surface area contributed by atoms with Crippen molar-refractivity contribution in [2.75, 3.05) is 19.5 Å². The second-order valence-electron chi connectivity index (χ2n) is 4.71. The minimum Gasteiger partial charge on any atom is -0.469 e. The van der Waals surface area contributed by atoms with E-state index in [9.17, 15) is 14.7 Å². The molecule has 0 aliphatic carbocycles. The minimum atomic E-state index is -0.881. The zero-order valence-electron chi connectivity index (χ0n) is 11.4. The number of ether oxygens (including phenoxy) is 2. The normalized spacial score (nSPS) is 25.0. The molecular formula is C12H17N3O6. The van der Waals surface area contributed by atoms with E-state index in [0.717, 1.165) is 4.57 Å². The highest BCUT2D eigenvalue weighted by Gasteiger charge is 2.35. The molecule has 21 heavy (non-hydrogen) atoms. The average molecular weight is 299 g/mol. The number of nitrogen functional groups attached to an aromatic ring is 1. The lowest BCUT2D eigenvalue weighted by Crippen LogP contribution is -2.29. The fourth-order valence-electron chi connectivity index (χ4n) is 2.14. The molecule has 2 heterocycles. The van der Waals surface area contributed by atoms with Crippen molar-refractivity contribution in [2.24, 2.45) is 0 Å². The molecule has 1 saturated heterocycles. The first-order valence-electron chi connectivity index (χ1n) is 6.35. The van der Waals surface area contributed by atoms with Gasteiger partial charge in [0.2, 0.25) is 0 Å². The summed E-state index contributed by atoms with van der Waals surface area (Å²) in [5, 5.41) is 18.8. The van der Waals surface area contributed by atoms with Gasteiger partial charge >= 0.3 is 11.7 Å². The largest absolute Gasteiger partial charge is 0.469 e. The van der Waals surface area contributed by atoms with E-state index in [1.165, 1.54) is 13.3 Å². The molecule has 1 aromatic heterocycles. The van der Waals surface area contributed by atoms with Gasteiger partial charge in [0.25, 0.3) is 0 Å². The molecule has 0 amide bonds. The molecule has 9 nitrogen and oxygen atoms in total. The lowest BCUT2D eigenvalue weighted by atomic mass is 10.2. The molecule has 0 aromatic carbocycles. The summed E-state index contributed by atoms with van der Waals surface area (Å²) in [5.74, 6) is -0.576. The van der Waals surface area contributed by atoms with E-state index in [1.807, 2.05) is 0 Å². The molecule has 0 bridgehead atoms. The number of aliphatic hydroxyl groups excluding tert-OH is 2. The molecule has 0 spiro atoms. The zero-order chi connectivity index (χ0) is 15.6. The van der Waals surface area contributed by atoms with E-state index in [-0.39, 0.29) is 25.3 Å². The highest BCUT2D eigenvalue weighted by atomic mass is 16.5. The molecule has 3 atom stereocenters. The maximum Gasteiger partial charge on any atom is 0.351 e. The van der Waals surface area contributed by atoms with Crippen LogP contribution in [0.1, 0.15) is 18.2 Å². The van der Waals surface area contributed by atoms with Crippen LogP contribution in [-0.2, 0) is 20.7 Å². The van der Waals surface area contributed by atoms with E-state index in [0.29, 0.717) is 5.56 Å². The van der Waals surface area contributed by atoms with Gasteiger partial charge in [0.05, 0.1) is 26.2 Å². The van der Waals surface area contributed by atoms with E-state index in [1.54, 1.807) is 0 Å². The number of anilines is 1. The predicted octanol–water partition coefficient (Wildman–Crippen LogP) is -1.82. The standard InChI is InChI=1S/C12H17N3O6/c1-20-10(18)2-6-4-15(12(19)14-11(6)13)9-3-7(17)8(5-16)21-9/h4,7-9,16-17H,2-3,5H2,1H3,(H2,13,14,19)/t7-,8+,9+/m1/s1. The molecule has 1 aromatic rings. The number of hydrogen-bond donors (Lipinski definition) is 3. The molecular weight excluding hydrogens is 282 g/mol. The quantitative estimate of drug-likeness (QED) is 0.553. The topological polar surface area (TPSA) is 137 Å². The number of carbonyl (C=O) groups is 1. The summed E-state index contributed by atoms with van der Waals surface area (Å²) >= 11 is 0. The number of carbonyl (C=O) groups excluding carboxylic acids is 1. The molecule has 1 aliphatic rings. The molecule has 1 fully saturated rings. The number of nitrogens with two attached hydrogens (primary N) is 1. The second-order valence-corrected chi connectivity index (χ2v) is 4.71. The number of nitrogens with zero attached hydrogens (tertiary/aromatic N) is 2. The molecule has 2 rings (SSSR count). The molecule has 9 heteroatoms. The number of methoxy groups -OCH3 is 1. The van der Waals surface area contributed by atoms with E-state index >= 15 is 0 Å². The van der Waals surface area contributed by atoms with E-state index < -0.39 is 30.1 Å². The minimum absolute atomic E-state index is 0.0566. The van der Waals surface area contributed by atoms with Crippen LogP contribution in [0, 0.1) is 0 Å². The van der Waals surface area contributed by atoms with Crippen molar-refractivity contribution in [1.29, 1.82) is 0 Å². The van der Waals surface area contributed by atoms with Gasteiger partial charge in [0.1, 0.15) is 18.1 Å². The lowest BCUT2D eigenvalue weighted by Gasteiger charge is -2.16. The van der Waals surface area contributed by atoms with Gasteiger partial charge in [0.15, 0.2) is 0 Å². The predicted molar refractivity (Wildman–Crippen MR) is 70.2 cm³/mol. The fraction of sp³-hybridized carbons (Fsp3) is 0.583. The Kier molecular flexibility index (Phi) is 4.56. The summed E-state index contributed by atoms with van der Waals surface area (Å²) in [6, 6.07) is 0. The Morgan fingerprint density at radius 2 is 2.38 bits per heavy atom. The third kappa shape index (κ3) is 3.20. The maximum absolute atomic E-state index is 11.9.